The number of halogens is 1. The number of nitrogens with one attached hydrogen (secondary N) is 2. The molecule has 2 N–H and O–H groups in total. The van der Waals surface area contributed by atoms with Crippen LogP contribution in [-0.4, -0.2) is 37.0 Å². The van der Waals surface area contributed by atoms with Crippen LogP contribution in [0.15, 0.2) is 29.2 Å². The number of hydrazine groups is 1. The van der Waals surface area contributed by atoms with Gasteiger partial charge in [-0.25, -0.2) is 8.42 Å². The third-order valence-corrected chi connectivity index (χ3v) is 7.47. The van der Waals surface area contributed by atoms with Gasteiger partial charge in [-0.2, -0.15) is 0 Å². The molecule has 0 radical (unpaired) electrons. The number of amides is 2. The lowest BCUT2D eigenvalue weighted by atomic mass is 10.4. The molecule has 0 spiro atoms. The Balaban J connectivity index is 1.65. The Morgan fingerprint density at radius 3 is 2.32 bits per heavy atom. The first kappa shape index (κ1) is 20.1. The minimum atomic E-state index is -3.23. The van der Waals surface area contributed by atoms with Gasteiger partial charge in [0.25, 0.3) is 0 Å². The van der Waals surface area contributed by atoms with Crippen LogP contribution in [0.25, 0.3) is 0 Å². The monoisotopic (exact) mass is 404 g/mol. The van der Waals surface area contributed by atoms with Crippen LogP contribution in [0.1, 0.15) is 32.1 Å². The van der Waals surface area contributed by atoms with E-state index < -0.39 is 15.7 Å². The van der Waals surface area contributed by atoms with Crippen molar-refractivity contribution in [2.75, 3.05) is 11.5 Å². The predicted molar refractivity (Wildman–Crippen MR) is 99.1 cm³/mol. The molecule has 1 fully saturated rings. The van der Waals surface area contributed by atoms with E-state index in [1.54, 1.807) is 24.3 Å². The van der Waals surface area contributed by atoms with Crippen LogP contribution in [-0.2, 0) is 19.4 Å². The lowest BCUT2D eigenvalue weighted by Crippen LogP contribution is -2.43. The molecule has 9 heteroatoms. The normalized spacial score (nSPS) is 15.1. The van der Waals surface area contributed by atoms with E-state index in [1.807, 2.05) is 0 Å². The average molecular weight is 405 g/mol. The quantitative estimate of drug-likeness (QED) is 0.537. The zero-order valence-corrected chi connectivity index (χ0v) is 16.1. The summed E-state index contributed by atoms with van der Waals surface area (Å²) in [5, 5.41) is 0.305. The van der Waals surface area contributed by atoms with E-state index >= 15 is 0 Å². The molecule has 1 aromatic rings. The second-order valence-electron chi connectivity index (χ2n) is 5.86. The molecule has 0 aliphatic heterocycles. The van der Waals surface area contributed by atoms with Gasteiger partial charge in [-0.15, -0.1) is 11.8 Å². The van der Waals surface area contributed by atoms with E-state index in [-0.39, 0.29) is 29.1 Å². The molecule has 6 nitrogen and oxygen atoms in total. The molecule has 1 saturated carbocycles. The van der Waals surface area contributed by atoms with Gasteiger partial charge in [0.2, 0.25) is 11.8 Å². The minimum absolute atomic E-state index is 0.127. The number of hydrogen-bond donors (Lipinski definition) is 2. The van der Waals surface area contributed by atoms with Gasteiger partial charge in [0.15, 0.2) is 9.84 Å². The molecule has 1 aliphatic rings. The number of rotatable bonds is 7. The van der Waals surface area contributed by atoms with Gasteiger partial charge in [0, 0.05) is 16.3 Å². The maximum Gasteiger partial charge on any atom is 0.248 e. The Morgan fingerprint density at radius 1 is 1.08 bits per heavy atom. The summed E-state index contributed by atoms with van der Waals surface area (Å²) < 4.78 is 24.2. The van der Waals surface area contributed by atoms with Crippen molar-refractivity contribution in [3.05, 3.63) is 29.3 Å². The summed E-state index contributed by atoms with van der Waals surface area (Å²) in [6.07, 6.45) is 3.07. The summed E-state index contributed by atoms with van der Waals surface area (Å²) in [5.41, 5.74) is 4.54. The van der Waals surface area contributed by atoms with Crippen LogP contribution in [0.2, 0.25) is 5.02 Å². The molecule has 1 aromatic carbocycles. The molecule has 2 rings (SSSR count). The SMILES string of the molecule is O=C(CCS(=O)(=O)C1CCCC1)NNC(=O)CSc1ccc(Cl)cc1. The molecule has 2 amide bonds. The highest BCUT2D eigenvalue weighted by Gasteiger charge is 2.28. The first-order valence-electron chi connectivity index (χ1n) is 8.04. The summed E-state index contributed by atoms with van der Waals surface area (Å²) in [6.45, 7) is 0. The Morgan fingerprint density at radius 2 is 1.68 bits per heavy atom. The molecule has 0 saturated heterocycles. The van der Waals surface area contributed by atoms with E-state index in [0.29, 0.717) is 17.9 Å². The number of sulfone groups is 1. The first-order valence-corrected chi connectivity index (χ1v) is 11.1. The van der Waals surface area contributed by atoms with Gasteiger partial charge in [-0.1, -0.05) is 24.4 Å². The Kier molecular flexibility index (Phi) is 7.58. The van der Waals surface area contributed by atoms with Crippen molar-refractivity contribution in [1.29, 1.82) is 0 Å². The lowest BCUT2D eigenvalue weighted by Gasteiger charge is -2.11. The molecule has 138 valence electrons. The number of hydrogen-bond acceptors (Lipinski definition) is 5. The highest BCUT2D eigenvalue weighted by molar-refractivity contribution is 8.00. The predicted octanol–water partition coefficient (Wildman–Crippen LogP) is 2.33. The molecular formula is C16H21ClN2O4S2. The van der Waals surface area contributed by atoms with Crippen LogP contribution in [0, 0.1) is 0 Å². The van der Waals surface area contributed by atoms with Crippen LogP contribution in [0.3, 0.4) is 0 Å². The zero-order chi connectivity index (χ0) is 18.3. The van der Waals surface area contributed by atoms with Crippen molar-refractivity contribution in [2.24, 2.45) is 0 Å². The van der Waals surface area contributed by atoms with Gasteiger partial charge in [0.05, 0.1) is 16.8 Å². The van der Waals surface area contributed by atoms with Crippen molar-refractivity contribution in [1.82, 2.24) is 10.9 Å². The van der Waals surface area contributed by atoms with Gasteiger partial charge in [-0.05, 0) is 37.1 Å². The molecule has 0 aromatic heterocycles. The Bertz CT molecular complexity index is 701. The van der Waals surface area contributed by atoms with Crippen molar-refractivity contribution in [3.8, 4) is 0 Å². The maximum absolute atomic E-state index is 12.1. The third-order valence-electron chi connectivity index (χ3n) is 3.95. The summed E-state index contributed by atoms with van der Waals surface area (Å²) in [7, 11) is -3.23. The molecule has 0 unspecified atom stereocenters. The lowest BCUT2D eigenvalue weighted by molar-refractivity contribution is -0.127. The third kappa shape index (κ3) is 6.87. The smallest absolute Gasteiger partial charge is 0.248 e. The van der Waals surface area contributed by atoms with Gasteiger partial charge >= 0.3 is 0 Å². The van der Waals surface area contributed by atoms with Crippen molar-refractivity contribution >= 4 is 45.0 Å². The highest BCUT2D eigenvalue weighted by Crippen LogP contribution is 2.25. The zero-order valence-electron chi connectivity index (χ0n) is 13.7. The maximum atomic E-state index is 12.1. The van der Waals surface area contributed by atoms with Crippen LogP contribution in [0.5, 0.6) is 0 Å². The number of carbonyl (C=O) groups is 2. The largest absolute Gasteiger partial charge is 0.273 e. The van der Waals surface area contributed by atoms with E-state index in [2.05, 4.69) is 10.9 Å². The second-order valence-corrected chi connectivity index (χ2v) is 9.75. The Hall–Kier alpha value is -1.25. The topological polar surface area (TPSA) is 92.3 Å². The van der Waals surface area contributed by atoms with E-state index in [4.69, 9.17) is 11.6 Å². The minimum Gasteiger partial charge on any atom is -0.273 e. The van der Waals surface area contributed by atoms with Crippen LogP contribution in [0.4, 0.5) is 0 Å². The van der Waals surface area contributed by atoms with Crippen LogP contribution < -0.4 is 10.9 Å². The summed E-state index contributed by atoms with van der Waals surface area (Å²) in [4.78, 5) is 24.3. The summed E-state index contributed by atoms with van der Waals surface area (Å²) >= 11 is 7.09. The first-order chi connectivity index (χ1) is 11.9. The van der Waals surface area contributed by atoms with Crippen molar-refractivity contribution < 1.29 is 18.0 Å². The number of carbonyl (C=O) groups excluding carboxylic acids is 2. The van der Waals surface area contributed by atoms with E-state index in [9.17, 15) is 18.0 Å². The summed E-state index contributed by atoms with van der Waals surface area (Å²) in [5.74, 6) is -0.931. The standard InChI is InChI=1S/C16H21ClN2O4S2/c17-12-5-7-13(8-6-12)24-11-16(21)19-18-15(20)9-10-25(22,23)14-3-1-2-4-14/h5-8,14H,1-4,9-11H2,(H,18,20)(H,19,21). The molecule has 25 heavy (non-hydrogen) atoms. The van der Waals surface area contributed by atoms with Crippen molar-refractivity contribution in [3.63, 3.8) is 0 Å². The van der Waals surface area contributed by atoms with E-state index in [0.717, 1.165) is 17.7 Å². The molecule has 0 heterocycles. The fraction of sp³-hybridized carbons (Fsp3) is 0.500. The second kappa shape index (κ2) is 9.45. The fourth-order valence-electron chi connectivity index (χ4n) is 2.57. The van der Waals surface area contributed by atoms with E-state index in [1.165, 1.54) is 11.8 Å². The fourth-order valence-corrected chi connectivity index (χ4v) is 5.25. The Labute approximate surface area is 157 Å². The number of benzene rings is 1. The molecule has 1 aliphatic carbocycles. The summed E-state index contributed by atoms with van der Waals surface area (Å²) in [6, 6.07) is 7.06. The van der Waals surface area contributed by atoms with Gasteiger partial charge < -0.3 is 0 Å². The van der Waals surface area contributed by atoms with Gasteiger partial charge in [-0.3, -0.25) is 20.4 Å². The molecule has 0 atom stereocenters. The van der Waals surface area contributed by atoms with Crippen molar-refractivity contribution in [2.45, 2.75) is 42.2 Å². The number of thioether (sulfide) groups is 1. The van der Waals surface area contributed by atoms with Gasteiger partial charge in [0.1, 0.15) is 0 Å². The average Bonchev–Trinajstić information content (AvgIpc) is 3.13. The molecule has 0 bridgehead atoms. The van der Waals surface area contributed by atoms with Crippen LogP contribution >= 0.6 is 23.4 Å². The molecular weight excluding hydrogens is 384 g/mol. The highest BCUT2D eigenvalue weighted by atomic mass is 35.5.